The first-order valence-corrected chi connectivity index (χ1v) is 7.21. The summed E-state index contributed by atoms with van der Waals surface area (Å²) in [5.74, 6) is 0.538. The first-order chi connectivity index (χ1) is 8.06. The van der Waals surface area contributed by atoms with Gasteiger partial charge in [0.25, 0.3) is 0 Å². The molecular formula is C14H20O2S. The van der Waals surface area contributed by atoms with Crippen molar-refractivity contribution in [1.82, 2.24) is 0 Å². The minimum Gasteiger partial charge on any atom is -0.481 e. The Morgan fingerprint density at radius 3 is 3.00 bits per heavy atom. The first-order valence-electron chi connectivity index (χ1n) is 6.39. The molecule has 1 aliphatic rings. The fourth-order valence-electron chi connectivity index (χ4n) is 2.58. The van der Waals surface area contributed by atoms with Gasteiger partial charge in [0.1, 0.15) is 0 Å². The summed E-state index contributed by atoms with van der Waals surface area (Å²) in [6.45, 7) is 4.49. The highest BCUT2D eigenvalue weighted by Gasteiger charge is 2.25. The van der Waals surface area contributed by atoms with E-state index in [0.29, 0.717) is 18.3 Å². The molecule has 0 bridgehead atoms. The Labute approximate surface area is 107 Å². The molecule has 0 fully saturated rings. The molecule has 1 heterocycles. The molecule has 3 heteroatoms. The van der Waals surface area contributed by atoms with E-state index >= 15 is 0 Å². The maximum Gasteiger partial charge on any atom is 0.303 e. The highest BCUT2D eigenvalue weighted by atomic mass is 32.1. The largest absolute Gasteiger partial charge is 0.481 e. The molecule has 0 aliphatic heterocycles. The summed E-state index contributed by atoms with van der Waals surface area (Å²) >= 11 is 1.92. The molecule has 1 atom stereocenters. The van der Waals surface area contributed by atoms with E-state index in [0.717, 1.165) is 25.7 Å². The van der Waals surface area contributed by atoms with Crippen LogP contribution in [0, 0.1) is 5.92 Å². The standard InChI is InChI=1S/C14H20O2S/c1-9(2)7-12-8-11-4-3-10(14(11)17-12)5-6-13(15)16/h8-10H,3-7H2,1-2H3,(H,15,16). The third-order valence-corrected chi connectivity index (χ3v) is 4.70. The van der Waals surface area contributed by atoms with E-state index in [1.165, 1.54) is 15.3 Å². The summed E-state index contributed by atoms with van der Waals surface area (Å²) in [6, 6.07) is 2.35. The Morgan fingerprint density at radius 2 is 2.35 bits per heavy atom. The second-order valence-corrected chi connectivity index (χ2v) is 6.54. The van der Waals surface area contributed by atoms with Crippen LogP contribution in [-0.2, 0) is 17.6 Å². The summed E-state index contributed by atoms with van der Waals surface area (Å²) in [6.07, 6.45) is 4.57. The number of thiophene rings is 1. The number of aliphatic carboxylic acids is 1. The molecule has 0 amide bonds. The number of carboxylic acid groups (broad SMARTS) is 1. The lowest BCUT2D eigenvalue weighted by Gasteiger charge is -2.07. The van der Waals surface area contributed by atoms with Crippen LogP contribution in [0.1, 0.15) is 54.3 Å². The van der Waals surface area contributed by atoms with E-state index in [9.17, 15) is 4.79 Å². The highest BCUT2D eigenvalue weighted by Crippen LogP contribution is 2.42. The fourth-order valence-corrected chi connectivity index (χ4v) is 4.17. The summed E-state index contributed by atoms with van der Waals surface area (Å²) in [5, 5.41) is 8.75. The van der Waals surface area contributed by atoms with Crippen molar-refractivity contribution in [1.29, 1.82) is 0 Å². The molecule has 94 valence electrons. The second kappa shape index (κ2) is 5.21. The van der Waals surface area contributed by atoms with Crippen LogP contribution in [0.25, 0.3) is 0 Å². The lowest BCUT2D eigenvalue weighted by atomic mass is 10.0. The van der Waals surface area contributed by atoms with Crippen LogP contribution in [0.5, 0.6) is 0 Å². The molecule has 0 saturated heterocycles. The van der Waals surface area contributed by atoms with Crippen LogP contribution in [0.2, 0.25) is 0 Å². The van der Waals surface area contributed by atoms with Crippen LogP contribution >= 0.6 is 11.3 Å². The summed E-state index contributed by atoms with van der Waals surface area (Å²) in [4.78, 5) is 13.6. The van der Waals surface area contributed by atoms with E-state index in [4.69, 9.17) is 5.11 Å². The SMILES string of the molecule is CC(C)Cc1cc2c(s1)C(CCC(=O)O)CC2. The molecule has 2 nitrogen and oxygen atoms in total. The van der Waals surface area contributed by atoms with Gasteiger partial charge >= 0.3 is 5.97 Å². The van der Waals surface area contributed by atoms with Gasteiger partial charge in [0.2, 0.25) is 0 Å². The van der Waals surface area contributed by atoms with Crippen molar-refractivity contribution < 1.29 is 9.90 Å². The minimum atomic E-state index is -0.669. The van der Waals surface area contributed by atoms with Crippen LogP contribution in [0.15, 0.2) is 6.07 Å². The molecular weight excluding hydrogens is 232 g/mol. The molecule has 1 unspecified atom stereocenters. The lowest BCUT2D eigenvalue weighted by Crippen LogP contribution is -1.99. The molecule has 0 radical (unpaired) electrons. The van der Waals surface area contributed by atoms with Gasteiger partial charge in [0.05, 0.1) is 0 Å². The predicted octanol–water partition coefficient (Wildman–Crippen LogP) is 3.84. The molecule has 0 aromatic carbocycles. The number of aryl methyl sites for hydroxylation is 1. The number of carbonyl (C=O) groups is 1. The third kappa shape index (κ3) is 3.09. The summed E-state index contributed by atoms with van der Waals surface area (Å²) < 4.78 is 0. The van der Waals surface area contributed by atoms with Crippen molar-refractivity contribution in [3.63, 3.8) is 0 Å². The van der Waals surface area contributed by atoms with Crippen LogP contribution in [-0.4, -0.2) is 11.1 Å². The quantitative estimate of drug-likeness (QED) is 0.864. The molecule has 0 saturated carbocycles. The van der Waals surface area contributed by atoms with Gasteiger partial charge in [0.15, 0.2) is 0 Å². The van der Waals surface area contributed by atoms with Crippen LogP contribution in [0.4, 0.5) is 0 Å². The van der Waals surface area contributed by atoms with Gasteiger partial charge in [-0.3, -0.25) is 4.79 Å². The summed E-state index contributed by atoms with van der Waals surface area (Å²) in [7, 11) is 0. The van der Waals surface area contributed by atoms with E-state index < -0.39 is 5.97 Å². The van der Waals surface area contributed by atoms with Gasteiger partial charge in [-0.15, -0.1) is 11.3 Å². The van der Waals surface area contributed by atoms with Crippen LogP contribution < -0.4 is 0 Å². The fraction of sp³-hybridized carbons (Fsp3) is 0.643. The molecule has 1 aliphatic carbocycles. The number of carboxylic acids is 1. The van der Waals surface area contributed by atoms with Crippen molar-refractivity contribution in [2.75, 3.05) is 0 Å². The molecule has 1 N–H and O–H groups in total. The maximum atomic E-state index is 10.6. The minimum absolute atomic E-state index is 0.307. The Kier molecular flexibility index (Phi) is 3.87. The van der Waals surface area contributed by atoms with Crippen molar-refractivity contribution in [3.8, 4) is 0 Å². The zero-order valence-electron chi connectivity index (χ0n) is 10.5. The van der Waals surface area contributed by atoms with Crippen molar-refractivity contribution >= 4 is 17.3 Å². The van der Waals surface area contributed by atoms with Crippen molar-refractivity contribution in [2.45, 2.75) is 51.9 Å². The third-order valence-electron chi connectivity index (χ3n) is 3.34. The Hall–Kier alpha value is -0.830. The van der Waals surface area contributed by atoms with E-state index in [-0.39, 0.29) is 0 Å². The Morgan fingerprint density at radius 1 is 1.59 bits per heavy atom. The monoisotopic (exact) mass is 252 g/mol. The Bertz CT molecular complexity index is 406. The zero-order valence-corrected chi connectivity index (χ0v) is 11.3. The summed E-state index contributed by atoms with van der Waals surface area (Å²) in [5.41, 5.74) is 1.49. The number of hydrogen-bond donors (Lipinski definition) is 1. The molecule has 1 aromatic heterocycles. The lowest BCUT2D eigenvalue weighted by molar-refractivity contribution is -0.137. The van der Waals surface area contributed by atoms with Gasteiger partial charge in [-0.25, -0.2) is 0 Å². The van der Waals surface area contributed by atoms with Crippen molar-refractivity contribution in [2.24, 2.45) is 5.92 Å². The first kappa shape index (κ1) is 12.6. The molecule has 17 heavy (non-hydrogen) atoms. The number of hydrogen-bond acceptors (Lipinski definition) is 2. The topological polar surface area (TPSA) is 37.3 Å². The van der Waals surface area contributed by atoms with E-state index in [1.54, 1.807) is 0 Å². The number of rotatable bonds is 5. The van der Waals surface area contributed by atoms with E-state index in [2.05, 4.69) is 19.9 Å². The van der Waals surface area contributed by atoms with E-state index in [1.807, 2.05) is 11.3 Å². The van der Waals surface area contributed by atoms with Gasteiger partial charge in [-0.05, 0) is 49.1 Å². The smallest absolute Gasteiger partial charge is 0.303 e. The van der Waals surface area contributed by atoms with Gasteiger partial charge in [-0.2, -0.15) is 0 Å². The second-order valence-electron chi connectivity index (χ2n) is 5.37. The highest BCUT2D eigenvalue weighted by molar-refractivity contribution is 7.12. The van der Waals surface area contributed by atoms with Gasteiger partial charge < -0.3 is 5.11 Å². The average molecular weight is 252 g/mol. The van der Waals surface area contributed by atoms with Crippen LogP contribution in [0.3, 0.4) is 0 Å². The zero-order chi connectivity index (χ0) is 12.4. The molecule has 2 rings (SSSR count). The Balaban J connectivity index is 2.03. The van der Waals surface area contributed by atoms with Gasteiger partial charge in [-0.1, -0.05) is 13.8 Å². The predicted molar refractivity (Wildman–Crippen MR) is 70.8 cm³/mol. The molecule has 0 spiro atoms. The molecule has 1 aromatic rings. The van der Waals surface area contributed by atoms with Gasteiger partial charge in [0, 0.05) is 16.2 Å². The average Bonchev–Trinajstić information content (AvgIpc) is 2.73. The van der Waals surface area contributed by atoms with Crippen molar-refractivity contribution in [3.05, 3.63) is 21.4 Å². The normalized spacial score (nSPS) is 18.6. The number of fused-ring (bicyclic) bond motifs is 1. The maximum absolute atomic E-state index is 10.6.